The molecular weight excluding hydrogens is 421 g/mol. The molecule has 0 fully saturated rings. The Labute approximate surface area is 183 Å². The lowest BCUT2D eigenvalue weighted by Gasteiger charge is -2.38. The van der Waals surface area contributed by atoms with Crippen molar-refractivity contribution in [3.8, 4) is 0 Å². The number of carbonyl (C=O) groups is 1. The third kappa shape index (κ3) is 3.99. The van der Waals surface area contributed by atoms with Crippen LogP contribution in [0.2, 0.25) is 0 Å². The second-order valence-corrected chi connectivity index (χ2v) is 7.53. The molecule has 0 aliphatic carbocycles. The van der Waals surface area contributed by atoms with E-state index >= 15 is 0 Å². The first-order chi connectivity index (χ1) is 15.3. The predicted molar refractivity (Wildman–Crippen MR) is 112 cm³/mol. The van der Waals surface area contributed by atoms with Crippen molar-refractivity contribution < 1.29 is 27.8 Å². The molecule has 0 bridgehead atoms. The van der Waals surface area contributed by atoms with Crippen LogP contribution in [0.4, 0.5) is 19.0 Å². The second-order valence-electron chi connectivity index (χ2n) is 7.53. The Morgan fingerprint density at radius 3 is 2.34 bits per heavy atom. The van der Waals surface area contributed by atoms with Gasteiger partial charge in [0.2, 0.25) is 5.60 Å². The lowest BCUT2D eigenvalue weighted by molar-refractivity contribution is -0.299. The van der Waals surface area contributed by atoms with Crippen LogP contribution in [0, 0.1) is 0 Å². The van der Waals surface area contributed by atoms with Gasteiger partial charge in [-0.2, -0.15) is 13.2 Å². The van der Waals surface area contributed by atoms with E-state index in [2.05, 4.69) is 4.98 Å². The minimum Gasteiger partial charge on any atom is -0.374 e. The van der Waals surface area contributed by atoms with Gasteiger partial charge in [-0.3, -0.25) is 9.69 Å². The van der Waals surface area contributed by atoms with Crippen LogP contribution >= 0.6 is 0 Å². The fourth-order valence-corrected chi connectivity index (χ4v) is 3.84. The molecule has 1 aromatic heterocycles. The maximum atomic E-state index is 14.4. The van der Waals surface area contributed by atoms with Crippen LogP contribution in [0.25, 0.3) is 0 Å². The van der Waals surface area contributed by atoms with Crippen molar-refractivity contribution in [2.24, 2.45) is 0 Å². The summed E-state index contributed by atoms with van der Waals surface area (Å²) in [7, 11) is 0. The van der Waals surface area contributed by atoms with Crippen LogP contribution < -0.4 is 4.90 Å². The largest absolute Gasteiger partial charge is 0.424 e. The monoisotopic (exact) mass is 442 g/mol. The molecule has 5 nitrogen and oxygen atoms in total. The number of halogens is 3. The average Bonchev–Trinajstić information content (AvgIpc) is 3.23. The molecule has 1 aliphatic rings. The van der Waals surface area contributed by atoms with Crippen LogP contribution in [-0.2, 0) is 28.2 Å². The number of benzene rings is 2. The molecule has 1 amide bonds. The number of hydrogen-bond donors (Lipinski definition) is 1. The number of aliphatic hydroxyl groups is 1. The number of pyridine rings is 1. The van der Waals surface area contributed by atoms with Gasteiger partial charge in [0.05, 0.1) is 6.61 Å². The smallest absolute Gasteiger partial charge is 0.374 e. The Bertz CT molecular complexity index is 1080. The van der Waals surface area contributed by atoms with Gasteiger partial charge in [-0.1, -0.05) is 66.7 Å². The molecule has 32 heavy (non-hydrogen) atoms. The molecular formula is C24H21F3N2O3. The molecule has 2 heterocycles. The highest BCUT2D eigenvalue weighted by molar-refractivity contribution is 5.98. The van der Waals surface area contributed by atoms with Crippen LogP contribution in [0.15, 0.2) is 79.0 Å². The standard InChI is InChI=1S/C24H21F3N2O3/c25-24(26,27)23(31,19-11-5-2-6-12-19)20(32-16-17-8-3-1-4-9-17)22(30)29-15-13-18-10-7-14-28-21(18)29/h1-12,14,20,31H,13,15-16H2/t20-,23+/m0/s1. The molecule has 166 valence electrons. The number of carbonyl (C=O) groups excluding carboxylic acids is 1. The summed E-state index contributed by atoms with van der Waals surface area (Å²) in [6.07, 6.45) is -5.50. The van der Waals surface area contributed by atoms with Gasteiger partial charge in [0, 0.05) is 12.7 Å². The van der Waals surface area contributed by atoms with Gasteiger partial charge in [-0.15, -0.1) is 0 Å². The maximum absolute atomic E-state index is 14.4. The van der Waals surface area contributed by atoms with E-state index in [0.29, 0.717) is 12.0 Å². The SMILES string of the molecule is O=C([C@H](OCc1ccccc1)[C@](O)(c1ccccc1)C(F)(F)F)N1CCc2cccnc21. The highest BCUT2D eigenvalue weighted by Gasteiger charge is 2.63. The number of anilines is 1. The average molecular weight is 442 g/mol. The molecule has 0 radical (unpaired) electrons. The van der Waals surface area contributed by atoms with Crippen molar-refractivity contribution in [3.63, 3.8) is 0 Å². The maximum Gasteiger partial charge on any atom is 0.424 e. The normalized spacial score (nSPS) is 16.3. The van der Waals surface area contributed by atoms with Gasteiger partial charge < -0.3 is 9.84 Å². The van der Waals surface area contributed by atoms with E-state index in [4.69, 9.17) is 4.74 Å². The lowest BCUT2D eigenvalue weighted by atomic mass is 9.86. The van der Waals surface area contributed by atoms with Crippen molar-refractivity contribution in [2.75, 3.05) is 11.4 Å². The summed E-state index contributed by atoms with van der Waals surface area (Å²) in [6.45, 7) is -0.134. The topological polar surface area (TPSA) is 62.7 Å². The molecule has 0 spiro atoms. The summed E-state index contributed by atoms with van der Waals surface area (Å²) in [5.74, 6) is -0.717. The number of aromatic nitrogens is 1. The third-order valence-corrected chi connectivity index (χ3v) is 5.50. The molecule has 2 aromatic carbocycles. The number of ether oxygens (including phenoxy) is 1. The Morgan fingerprint density at radius 1 is 1.03 bits per heavy atom. The van der Waals surface area contributed by atoms with Gasteiger partial charge in [-0.05, 0) is 29.2 Å². The van der Waals surface area contributed by atoms with Crippen LogP contribution in [0.1, 0.15) is 16.7 Å². The molecule has 0 saturated heterocycles. The first-order valence-corrected chi connectivity index (χ1v) is 10.1. The van der Waals surface area contributed by atoms with E-state index in [1.54, 1.807) is 42.5 Å². The fourth-order valence-electron chi connectivity index (χ4n) is 3.84. The summed E-state index contributed by atoms with van der Waals surface area (Å²) in [6, 6.07) is 18.5. The van der Waals surface area contributed by atoms with Crippen molar-refractivity contribution in [1.82, 2.24) is 4.98 Å². The Balaban J connectivity index is 1.77. The molecule has 8 heteroatoms. The van der Waals surface area contributed by atoms with Gasteiger partial charge >= 0.3 is 6.18 Å². The Hall–Kier alpha value is -3.23. The van der Waals surface area contributed by atoms with E-state index in [1.807, 2.05) is 0 Å². The van der Waals surface area contributed by atoms with Crippen LogP contribution in [0.5, 0.6) is 0 Å². The molecule has 3 aromatic rings. The summed E-state index contributed by atoms with van der Waals surface area (Å²) in [5, 5.41) is 11.1. The fraction of sp³-hybridized carbons (Fsp3) is 0.250. The van der Waals surface area contributed by atoms with Crippen molar-refractivity contribution >= 4 is 11.7 Å². The van der Waals surface area contributed by atoms with Crippen molar-refractivity contribution in [2.45, 2.75) is 30.9 Å². The zero-order chi connectivity index (χ0) is 22.8. The van der Waals surface area contributed by atoms with E-state index < -0.39 is 29.4 Å². The molecule has 0 saturated carbocycles. The number of hydrogen-bond acceptors (Lipinski definition) is 4. The molecule has 0 unspecified atom stereocenters. The zero-order valence-corrected chi connectivity index (χ0v) is 17.0. The second kappa shape index (κ2) is 8.72. The summed E-state index contributed by atoms with van der Waals surface area (Å²) < 4.78 is 48.8. The minimum absolute atomic E-state index is 0.152. The first-order valence-electron chi connectivity index (χ1n) is 10.1. The summed E-state index contributed by atoms with van der Waals surface area (Å²) in [5.41, 5.74) is -2.71. The summed E-state index contributed by atoms with van der Waals surface area (Å²) >= 11 is 0. The Morgan fingerprint density at radius 2 is 1.69 bits per heavy atom. The van der Waals surface area contributed by atoms with Gasteiger partial charge in [0.25, 0.3) is 5.91 Å². The molecule has 2 atom stereocenters. The Kier molecular flexibility index (Phi) is 5.99. The van der Waals surface area contributed by atoms with E-state index in [-0.39, 0.29) is 19.0 Å². The predicted octanol–water partition coefficient (Wildman–Crippen LogP) is 4.01. The zero-order valence-electron chi connectivity index (χ0n) is 17.0. The van der Waals surface area contributed by atoms with E-state index in [9.17, 15) is 23.1 Å². The van der Waals surface area contributed by atoms with Gasteiger partial charge in [0.15, 0.2) is 6.10 Å². The number of fused-ring (bicyclic) bond motifs is 1. The molecule has 1 aliphatic heterocycles. The minimum atomic E-state index is -5.18. The number of amides is 1. The van der Waals surface area contributed by atoms with Crippen molar-refractivity contribution in [1.29, 1.82) is 0 Å². The highest BCUT2D eigenvalue weighted by Crippen LogP contribution is 2.44. The number of rotatable bonds is 6. The van der Waals surface area contributed by atoms with Crippen LogP contribution in [-0.4, -0.2) is 34.8 Å². The number of alkyl halides is 3. The van der Waals surface area contributed by atoms with Crippen LogP contribution in [0.3, 0.4) is 0 Å². The lowest BCUT2D eigenvalue weighted by Crippen LogP contribution is -2.59. The van der Waals surface area contributed by atoms with Crippen molar-refractivity contribution in [3.05, 3.63) is 95.7 Å². The molecule has 1 N–H and O–H groups in total. The summed E-state index contributed by atoms with van der Waals surface area (Å²) in [4.78, 5) is 18.8. The quantitative estimate of drug-likeness (QED) is 0.627. The van der Waals surface area contributed by atoms with E-state index in [1.165, 1.54) is 24.4 Å². The number of nitrogens with zero attached hydrogens (tertiary/aromatic N) is 2. The first kappa shape index (κ1) is 22.0. The third-order valence-electron chi connectivity index (χ3n) is 5.50. The highest BCUT2D eigenvalue weighted by atomic mass is 19.4. The van der Waals surface area contributed by atoms with Gasteiger partial charge in [0.1, 0.15) is 5.82 Å². The molecule has 4 rings (SSSR count). The van der Waals surface area contributed by atoms with E-state index in [0.717, 1.165) is 22.6 Å². The van der Waals surface area contributed by atoms with Gasteiger partial charge in [-0.25, -0.2) is 4.98 Å².